The fourth-order valence-electron chi connectivity index (χ4n) is 4.50. The summed E-state index contributed by atoms with van der Waals surface area (Å²) >= 11 is 6.32. The zero-order chi connectivity index (χ0) is 23.5. The summed E-state index contributed by atoms with van der Waals surface area (Å²) in [4.78, 5) is 15.4. The van der Waals surface area contributed by atoms with Crippen LogP contribution in [0.2, 0.25) is 5.02 Å². The van der Waals surface area contributed by atoms with Gasteiger partial charge in [-0.25, -0.2) is 5.01 Å². The second kappa shape index (κ2) is 9.80. The summed E-state index contributed by atoms with van der Waals surface area (Å²) in [6.07, 6.45) is 0.683. The molecule has 0 fully saturated rings. The maximum absolute atomic E-state index is 13.4. The Kier molecular flexibility index (Phi) is 6.43. The van der Waals surface area contributed by atoms with Crippen molar-refractivity contribution in [2.24, 2.45) is 5.10 Å². The molecule has 4 aromatic carbocycles. The number of likely N-dealkylation sites (N-methyl/N-ethyl adjacent to an activating group) is 1. The van der Waals surface area contributed by atoms with Crippen LogP contribution in [0.25, 0.3) is 10.8 Å². The monoisotopic (exact) mass is 467 g/mol. The second-order valence-corrected chi connectivity index (χ2v) is 9.15. The highest BCUT2D eigenvalue weighted by molar-refractivity contribution is 6.31. The normalized spacial score (nSPS) is 15.7. The van der Waals surface area contributed by atoms with Crippen molar-refractivity contribution in [2.45, 2.75) is 19.0 Å². The number of hydrazone groups is 1. The van der Waals surface area contributed by atoms with Crippen molar-refractivity contribution in [3.8, 4) is 0 Å². The van der Waals surface area contributed by atoms with Gasteiger partial charge in [0.2, 0.25) is 0 Å². The van der Waals surface area contributed by atoms with Gasteiger partial charge in [0.25, 0.3) is 5.91 Å². The van der Waals surface area contributed by atoms with Gasteiger partial charge >= 0.3 is 0 Å². The quantitative estimate of drug-likeness (QED) is 0.333. The Morgan fingerprint density at radius 2 is 1.65 bits per heavy atom. The first-order valence-electron chi connectivity index (χ1n) is 11.4. The average Bonchev–Trinajstić information content (AvgIpc) is 3.31. The molecule has 1 atom stereocenters. The minimum absolute atomic E-state index is 0.0285. The van der Waals surface area contributed by atoms with E-state index >= 15 is 0 Å². The Hall–Kier alpha value is -3.47. The number of hydrogen-bond acceptors (Lipinski definition) is 3. The van der Waals surface area contributed by atoms with E-state index in [0.717, 1.165) is 22.4 Å². The van der Waals surface area contributed by atoms with Gasteiger partial charge in [0.1, 0.15) is 0 Å². The number of rotatable bonds is 6. The number of hydrogen-bond donors (Lipinski definition) is 0. The molecule has 0 aliphatic carbocycles. The van der Waals surface area contributed by atoms with Gasteiger partial charge in [0, 0.05) is 18.0 Å². The highest BCUT2D eigenvalue weighted by Gasteiger charge is 2.33. The summed E-state index contributed by atoms with van der Waals surface area (Å²) in [5.74, 6) is -0.0285. The smallest absolute Gasteiger partial charge is 0.257 e. The summed E-state index contributed by atoms with van der Waals surface area (Å²) < 4.78 is 0. The van der Waals surface area contributed by atoms with E-state index in [1.54, 1.807) is 5.01 Å². The van der Waals surface area contributed by atoms with Crippen LogP contribution < -0.4 is 0 Å². The van der Waals surface area contributed by atoms with Gasteiger partial charge in [-0.15, -0.1) is 0 Å². The number of carbonyl (C=O) groups is 1. The van der Waals surface area contributed by atoms with E-state index in [2.05, 4.69) is 42.5 Å². The molecule has 34 heavy (non-hydrogen) atoms. The van der Waals surface area contributed by atoms with E-state index in [1.807, 2.05) is 66.5 Å². The van der Waals surface area contributed by atoms with Crippen LogP contribution in [0.15, 0.2) is 102 Å². The first kappa shape index (κ1) is 22.3. The van der Waals surface area contributed by atoms with Crippen molar-refractivity contribution in [3.63, 3.8) is 0 Å². The highest BCUT2D eigenvalue weighted by atomic mass is 35.5. The topological polar surface area (TPSA) is 35.9 Å². The summed E-state index contributed by atoms with van der Waals surface area (Å²) in [7, 11) is 1.93. The first-order valence-corrected chi connectivity index (χ1v) is 11.8. The number of nitrogens with zero attached hydrogens (tertiary/aromatic N) is 3. The summed E-state index contributed by atoms with van der Waals surface area (Å²) in [5, 5.41) is 9.59. The lowest BCUT2D eigenvalue weighted by molar-refractivity contribution is -0.134. The Labute approximate surface area is 205 Å². The Balaban J connectivity index is 1.41. The average molecular weight is 468 g/mol. The van der Waals surface area contributed by atoms with Crippen molar-refractivity contribution >= 4 is 34.0 Å². The van der Waals surface area contributed by atoms with Gasteiger partial charge in [0.05, 0.1) is 18.3 Å². The lowest BCUT2D eigenvalue weighted by atomic mass is 9.97. The van der Waals surface area contributed by atoms with E-state index in [0.29, 0.717) is 18.0 Å². The van der Waals surface area contributed by atoms with E-state index in [4.69, 9.17) is 16.7 Å². The number of fused-ring (bicyclic) bond motifs is 1. The van der Waals surface area contributed by atoms with Crippen LogP contribution in [-0.2, 0) is 11.3 Å². The molecule has 4 nitrogen and oxygen atoms in total. The van der Waals surface area contributed by atoms with Crippen molar-refractivity contribution in [1.82, 2.24) is 9.91 Å². The summed E-state index contributed by atoms with van der Waals surface area (Å²) in [6.45, 7) is 0.847. The third-order valence-electron chi connectivity index (χ3n) is 6.24. The molecule has 5 rings (SSSR count). The molecule has 1 amide bonds. The van der Waals surface area contributed by atoms with Crippen LogP contribution in [0.4, 0.5) is 0 Å². The third-order valence-corrected chi connectivity index (χ3v) is 6.60. The molecule has 0 radical (unpaired) electrons. The highest BCUT2D eigenvalue weighted by Crippen LogP contribution is 2.33. The fraction of sp³-hybridized carbons (Fsp3) is 0.172. The molecule has 170 valence electrons. The fourth-order valence-corrected chi connectivity index (χ4v) is 4.69. The lowest BCUT2D eigenvalue weighted by Crippen LogP contribution is -2.36. The van der Waals surface area contributed by atoms with Crippen LogP contribution in [0.1, 0.15) is 29.2 Å². The molecule has 0 N–H and O–H groups in total. The second-order valence-electron chi connectivity index (χ2n) is 8.74. The summed E-state index contributed by atoms with van der Waals surface area (Å²) in [5.41, 5.74) is 4.08. The van der Waals surface area contributed by atoms with Gasteiger partial charge in [-0.05, 0) is 46.6 Å². The third kappa shape index (κ3) is 4.74. The number of halogens is 1. The molecule has 1 heterocycles. The molecule has 0 aromatic heterocycles. The van der Waals surface area contributed by atoms with Gasteiger partial charge in [-0.2, -0.15) is 5.10 Å². The van der Waals surface area contributed by atoms with Crippen molar-refractivity contribution in [1.29, 1.82) is 0 Å². The lowest BCUT2D eigenvalue weighted by Gasteiger charge is -2.25. The molecule has 0 bridgehead atoms. The van der Waals surface area contributed by atoms with Gasteiger partial charge < -0.3 is 0 Å². The molecule has 1 aliphatic heterocycles. The largest absolute Gasteiger partial charge is 0.293 e. The van der Waals surface area contributed by atoms with Crippen LogP contribution in [0.5, 0.6) is 0 Å². The van der Waals surface area contributed by atoms with E-state index < -0.39 is 0 Å². The SMILES string of the molecule is CN(CC(=O)N1N=C(c2ccc3ccccc3c2)C[C@H]1c1ccccc1)Cc1ccccc1Cl. The maximum Gasteiger partial charge on any atom is 0.257 e. The predicted molar refractivity (Wildman–Crippen MR) is 139 cm³/mol. The van der Waals surface area contributed by atoms with Gasteiger partial charge in [-0.3, -0.25) is 9.69 Å². The molecule has 4 aromatic rings. The van der Waals surface area contributed by atoms with Crippen molar-refractivity contribution in [3.05, 3.63) is 119 Å². The molecule has 0 spiro atoms. The molecular weight excluding hydrogens is 442 g/mol. The standard InChI is InChI=1S/C29H26ClN3O/c1-32(19-25-13-7-8-14-26(25)30)20-29(34)33-28(22-10-3-2-4-11-22)18-27(31-33)24-16-15-21-9-5-6-12-23(21)17-24/h2-17,28H,18-20H2,1H3/t28-/m0/s1. The zero-order valence-electron chi connectivity index (χ0n) is 19.1. The minimum atomic E-state index is -0.121. The zero-order valence-corrected chi connectivity index (χ0v) is 19.8. The van der Waals surface area contributed by atoms with E-state index in [-0.39, 0.29) is 18.5 Å². The predicted octanol–water partition coefficient (Wildman–Crippen LogP) is 6.30. The van der Waals surface area contributed by atoms with E-state index in [1.165, 1.54) is 10.8 Å². The number of amides is 1. The molecule has 0 saturated heterocycles. The molecule has 1 aliphatic rings. The van der Waals surface area contributed by atoms with Crippen molar-refractivity contribution < 1.29 is 4.79 Å². The molecular formula is C29H26ClN3O. The van der Waals surface area contributed by atoms with Crippen LogP contribution in [0.3, 0.4) is 0 Å². The van der Waals surface area contributed by atoms with Crippen LogP contribution in [0, 0.1) is 0 Å². The van der Waals surface area contributed by atoms with Crippen molar-refractivity contribution in [2.75, 3.05) is 13.6 Å². The Bertz CT molecular complexity index is 1350. The van der Waals surface area contributed by atoms with Crippen LogP contribution in [-0.4, -0.2) is 35.1 Å². The number of carbonyl (C=O) groups excluding carboxylic acids is 1. The summed E-state index contributed by atoms with van der Waals surface area (Å²) in [6, 6.07) is 32.4. The Morgan fingerprint density at radius 1 is 0.941 bits per heavy atom. The van der Waals surface area contributed by atoms with Gasteiger partial charge in [0.15, 0.2) is 0 Å². The van der Waals surface area contributed by atoms with Crippen LogP contribution >= 0.6 is 11.6 Å². The molecule has 0 saturated carbocycles. The minimum Gasteiger partial charge on any atom is -0.293 e. The molecule has 5 heteroatoms. The molecule has 0 unspecified atom stereocenters. The number of benzene rings is 4. The first-order chi connectivity index (χ1) is 16.6. The Morgan fingerprint density at radius 3 is 2.44 bits per heavy atom. The van der Waals surface area contributed by atoms with Gasteiger partial charge in [-0.1, -0.05) is 96.5 Å². The van der Waals surface area contributed by atoms with E-state index in [9.17, 15) is 4.79 Å². The maximum atomic E-state index is 13.4.